The lowest BCUT2D eigenvalue weighted by atomic mass is 10.1. The normalized spacial score (nSPS) is 13.6. The van der Waals surface area contributed by atoms with E-state index in [1.54, 1.807) is 13.0 Å². The van der Waals surface area contributed by atoms with E-state index in [9.17, 15) is 0 Å². The van der Waals surface area contributed by atoms with Crippen LogP contribution in [0.3, 0.4) is 0 Å². The molecule has 1 heteroatoms. The number of allylic oxidation sites excluding steroid dienone is 3. The van der Waals surface area contributed by atoms with E-state index in [0.717, 1.165) is 12.8 Å². The molecule has 86 valence electrons. The van der Waals surface area contributed by atoms with Crippen molar-refractivity contribution in [3.63, 3.8) is 0 Å². The molecule has 1 aromatic rings. The van der Waals surface area contributed by atoms with Crippen LogP contribution in [0.2, 0.25) is 0 Å². The molecule has 0 radical (unpaired) electrons. The molecule has 0 aliphatic carbocycles. The van der Waals surface area contributed by atoms with Crippen LogP contribution >= 0.6 is 0 Å². The zero-order valence-electron chi connectivity index (χ0n) is 9.84. The second-order valence-electron chi connectivity index (χ2n) is 3.93. The van der Waals surface area contributed by atoms with Gasteiger partial charge in [0.1, 0.15) is 0 Å². The fourth-order valence-electron chi connectivity index (χ4n) is 1.47. The van der Waals surface area contributed by atoms with Gasteiger partial charge < -0.3 is 5.11 Å². The van der Waals surface area contributed by atoms with Crippen molar-refractivity contribution in [1.29, 1.82) is 0 Å². The standard InChI is InChI=1S/C15H20O/c1-14(16)10-6-3-2-4-7-11-15-12-8-5-9-13-15/h2-3,5-6,8-10,12-14,16H,4,7,11H2,1H3/b3-2+,10-6+/t14-/m0/s1. The van der Waals surface area contributed by atoms with Crippen LogP contribution < -0.4 is 0 Å². The van der Waals surface area contributed by atoms with Crippen molar-refractivity contribution >= 4 is 0 Å². The lowest BCUT2D eigenvalue weighted by Gasteiger charge is -1.97. The molecule has 0 fully saturated rings. The van der Waals surface area contributed by atoms with Crippen LogP contribution in [0.15, 0.2) is 54.6 Å². The average molecular weight is 216 g/mol. The summed E-state index contributed by atoms with van der Waals surface area (Å²) in [5.74, 6) is 0. The smallest absolute Gasteiger partial charge is 0.0695 e. The van der Waals surface area contributed by atoms with E-state index in [-0.39, 0.29) is 6.10 Å². The molecule has 1 atom stereocenters. The summed E-state index contributed by atoms with van der Waals surface area (Å²) in [4.78, 5) is 0. The van der Waals surface area contributed by atoms with E-state index in [2.05, 4.69) is 30.3 Å². The highest BCUT2D eigenvalue weighted by Gasteiger charge is 1.89. The van der Waals surface area contributed by atoms with Gasteiger partial charge >= 0.3 is 0 Å². The Balaban J connectivity index is 2.13. The topological polar surface area (TPSA) is 20.2 Å². The highest BCUT2D eigenvalue weighted by molar-refractivity contribution is 5.14. The highest BCUT2D eigenvalue weighted by Crippen LogP contribution is 2.04. The number of rotatable bonds is 6. The SMILES string of the molecule is C[C@H](O)/C=C/C=C/CCCc1ccccc1. The summed E-state index contributed by atoms with van der Waals surface area (Å²) < 4.78 is 0. The average Bonchev–Trinajstić information content (AvgIpc) is 2.29. The molecule has 0 amide bonds. The molecular weight excluding hydrogens is 196 g/mol. The summed E-state index contributed by atoms with van der Waals surface area (Å²) in [6, 6.07) is 10.5. The van der Waals surface area contributed by atoms with Gasteiger partial charge in [-0.15, -0.1) is 0 Å². The van der Waals surface area contributed by atoms with Crippen LogP contribution in [-0.4, -0.2) is 11.2 Å². The van der Waals surface area contributed by atoms with E-state index in [1.165, 1.54) is 12.0 Å². The van der Waals surface area contributed by atoms with E-state index in [0.29, 0.717) is 0 Å². The first-order valence-electron chi connectivity index (χ1n) is 5.84. The minimum absolute atomic E-state index is 0.353. The van der Waals surface area contributed by atoms with Gasteiger partial charge in [0.05, 0.1) is 6.10 Å². The van der Waals surface area contributed by atoms with Gasteiger partial charge in [0.15, 0.2) is 0 Å². The van der Waals surface area contributed by atoms with Crippen LogP contribution in [0.25, 0.3) is 0 Å². The van der Waals surface area contributed by atoms with E-state index < -0.39 is 0 Å². The fraction of sp³-hybridized carbons (Fsp3) is 0.333. The summed E-state index contributed by atoms with van der Waals surface area (Å²) >= 11 is 0. The molecule has 0 aliphatic rings. The number of aliphatic hydroxyl groups excluding tert-OH is 1. The zero-order valence-corrected chi connectivity index (χ0v) is 9.84. The minimum Gasteiger partial charge on any atom is -0.389 e. The van der Waals surface area contributed by atoms with E-state index in [1.807, 2.05) is 18.2 Å². The first-order chi connectivity index (χ1) is 7.79. The van der Waals surface area contributed by atoms with Crippen molar-refractivity contribution in [2.75, 3.05) is 0 Å². The van der Waals surface area contributed by atoms with Gasteiger partial charge in [-0.25, -0.2) is 0 Å². The van der Waals surface area contributed by atoms with Crippen molar-refractivity contribution in [3.8, 4) is 0 Å². The third-order valence-electron chi connectivity index (χ3n) is 2.32. The fourth-order valence-corrected chi connectivity index (χ4v) is 1.47. The van der Waals surface area contributed by atoms with Gasteiger partial charge in [0, 0.05) is 0 Å². The van der Waals surface area contributed by atoms with Crippen molar-refractivity contribution in [2.24, 2.45) is 0 Å². The molecule has 1 rings (SSSR count). The summed E-state index contributed by atoms with van der Waals surface area (Å²) in [5.41, 5.74) is 1.40. The molecule has 0 aliphatic heterocycles. The number of unbranched alkanes of at least 4 members (excludes halogenated alkanes) is 1. The zero-order chi connectivity index (χ0) is 11.6. The third-order valence-corrected chi connectivity index (χ3v) is 2.32. The molecule has 0 unspecified atom stereocenters. The maximum absolute atomic E-state index is 8.98. The molecule has 1 N–H and O–H groups in total. The molecule has 0 heterocycles. The number of aryl methyl sites for hydroxylation is 1. The Morgan fingerprint density at radius 1 is 1.19 bits per heavy atom. The Morgan fingerprint density at radius 2 is 1.94 bits per heavy atom. The van der Waals surface area contributed by atoms with Crippen molar-refractivity contribution in [3.05, 3.63) is 60.2 Å². The second kappa shape index (κ2) is 7.89. The Labute approximate surface area is 98.1 Å². The summed E-state index contributed by atoms with van der Waals surface area (Å²) in [5, 5.41) is 8.98. The summed E-state index contributed by atoms with van der Waals surface area (Å²) in [7, 11) is 0. The van der Waals surface area contributed by atoms with E-state index in [4.69, 9.17) is 5.11 Å². The Kier molecular flexibility index (Phi) is 6.28. The maximum Gasteiger partial charge on any atom is 0.0695 e. The second-order valence-corrected chi connectivity index (χ2v) is 3.93. The van der Waals surface area contributed by atoms with Gasteiger partial charge in [-0.2, -0.15) is 0 Å². The molecule has 16 heavy (non-hydrogen) atoms. The maximum atomic E-state index is 8.98. The monoisotopic (exact) mass is 216 g/mol. The van der Waals surface area contributed by atoms with Gasteiger partial charge in [0.2, 0.25) is 0 Å². The molecule has 0 saturated carbocycles. The van der Waals surface area contributed by atoms with Crippen LogP contribution in [0, 0.1) is 0 Å². The van der Waals surface area contributed by atoms with E-state index >= 15 is 0 Å². The minimum atomic E-state index is -0.353. The largest absolute Gasteiger partial charge is 0.389 e. The van der Waals surface area contributed by atoms with Crippen LogP contribution in [0.1, 0.15) is 25.3 Å². The Hall–Kier alpha value is -1.34. The van der Waals surface area contributed by atoms with Crippen molar-refractivity contribution in [1.82, 2.24) is 0 Å². The first kappa shape index (κ1) is 12.7. The van der Waals surface area contributed by atoms with Crippen molar-refractivity contribution < 1.29 is 5.11 Å². The van der Waals surface area contributed by atoms with Gasteiger partial charge in [0.25, 0.3) is 0 Å². The van der Waals surface area contributed by atoms with Crippen LogP contribution in [0.4, 0.5) is 0 Å². The Morgan fingerprint density at radius 3 is 2.62 bits per heavy atom. The first-order valence-corrected chi connectivity index (χ1v) is 5.84. The Bertz CT molecular complexity index is 323. The molecule has 0 spiro atoms. The molecule has 0 saturated heterocycles. The molecule has 0 bridgehead atoms. The molecule has 1 nitrogen and oxygen atoms in total. The lowest BCUT2D eigenvalue weighted by molar-refractivity contribution is 0.244. The van der Waals surface area contributed by atoms with Gasteiger partial charge in [-0.3, -0.25) is 0 Å². The quantitative estimate of drug-likeness (QED) is 0.570. The summed E-state index contributed by atoms with van der Waals surface area (Å²) in [6.45, 7) is 1.75. The molecule has 0 aromatic heterocycles. The van der Waals surface area contributed by atoms with Gasteiger partial charge in [-0.05, 0) is 31.7 Å². The molecule has 1 aromatic carbocycles. The number of hydrogen-bond donors (Lipinski definition) is 1. The lowest BCUT2D eigenvalue weighted by Crippen LogP contribution is -1.90. The third kappa shape index (κ3) is 6.20. The van der Waals surface area contributed by atoms with Crippen molar-refractivity contribution in [2.45, 2.75) is 32.3 Å². The molecular formula is C15H20O. The predicted octanol–water partition coefficient (Wildman–Crippen LogP) is 3.50. The van der Waals surface area contributed by atoms with Gasteiger partial charge in [-0.1, -0.05) is 54.6 Å². The van der Waals surface area contributed by atoms with Crippen LogP contribution in [0.5, 0.6) is 0 Å². The summed E-state index contributed by atoms with van der Waals surface area (Å²) in [6.07, 6.45) is 10.8. The number of benzene rings is 1. The highest BCUT2D eigenvalue weighted by atomic mass is 16.3. The predicted molar refractivity (Wildman–Crippen MR) is 69.3 cm³/mol. The van der Waals surface area contributed by atoms with Crippen LogP contribution in [-0.2, 0) is 6.42 Å². The number of hydrogen-bond acceptors (Lipinski definition) is 1. The number of aliphatic hydroxyl groups is 1.